The fraction of sp³-hybridized carbons (Fsp3) is 0.765. The molecule has 0 saturated heterocycles. The number of hydrogen-bond donors (Lipinski definition) is 1. The number of likely N-dealkylation sites (N-methyl/N-ethyl adjacent to an activating group) is 2. The molecule has 0 aromatic carbocycles. The first kappa shape index (κ1) is 48.8. The van der Waals surface area contributed by atoms with Crippen molar-refractivity contribution in [1.29, 1.82) is 0 Å². The number of allylic oxidation sites excluding steroid dienone is 1. The Bertz CT molecular complexity index is 1960. The molecular formula is C51H78N4O8. The fourth-order valence-electron chi connectivity index (χ4n) is 14.1. The lowest BCUT2D eigenvalue weighted by molar-refractivity contribution is -0.236. The molecule has 12 heteroatoms. The second-order valence-electron chi connectivity index (χ2n) is 23.0. The van der Waals surface area contributed by atoms with Crippen molar-refractivity contribution in [3.63, 3.8) is 0 Å². The first-order valence-electron chi connectivity index (χ1n) is 23.6. The van der Waals surface area contributed by atoms with Crippen LogP contribution in [0.15, 0.2) is 35.7 Å². The van der Waals surface area contributed by atoms with Crippen molar-refractivity contribution in [3.8, 4) is 0 Å². The van der Waals surface area contributed by atoms with Crippen LogP contribution in [0, 0.1) is 56.2 Å². The van der Waals surface area contributed by atoms with Crippen molar-refractivity contribution < 1.29 is 38.6 Å². The average Bonchev–Trinajstić information content (AvgIpc) is 3.50. The number of hydrogen-bond acceptors (Lipinski definition) is 9. The summed E-state index contributed by atoms with van der Waals surface area (Å²) in [5, 5.41) is 9.70. The molecule has 5 aliphatic carbocycles. The highest BCUT2D eigenvalue weighted by molar-refractivity contribution is 6.01. The molecular weight excluding hydrogens is 797 g/mol. The van der Waals surface area contributed by atoms with Crippen LogP contribution >= 0.6 is 0 Å². The summed E-state index contributed by atoms with van der Waals surface area (Å²) in [6, 6.07) is 3.91. The number of rotatable bonds is 15. The highest BCUT2D eigenvalue weighted by Crippen LogP contribution is 2.77. The molecule has 5 aliphatic rings. The van der Waals surface area contributed by atoms with Gasteiger partial charge in [0.05, 0.1) is 24.5 Å². The summed E-state index contributed by atoms with van der Waals surface area (Å²) >= 11 is 0. The lowest BCUT2D eigenvalue weighted by atomic mass is 9.33. The van der Waals surface area contributed by atoms with Gasteiger partial charge in [0.1, 0.15) is 12.7 Å². The Morgan fingerprint density at radius 2 is 1.57 bits per heavy atom. The number of esters is 1. The molecule has 0 unspecified atom stereocenters. The van der Waals surface area contributed by atoms with E-state index in [1.165, 1.54) is 5.57 Å². The van der Waals surface area contributed by atoms with E-state index in [2.05, 4.69) is 58.4 Å². The van der Waals surface area contributed by atoms with E-state index in [0.717, 1.165) is 62.5 Å². The van der Waals surface area contributed by atoms with Crippen LogP contribution in [0.2, 0.25) is 0 Å². The Morgan fingerprint density at radius 1 is 0.889 bits per heavy atom. The lowest BCUT2D eigenvalue weighted by Gasteiger charge is -2.72. The molecule has 0 bridgehead atoms. The van der Waals surface area contributed by atoms with Crippen molar-refractivity contribution in [2.45, 2.75) is 145 Å². The maximum atomic E-state index is 14.7. The number of aromatic nitrogens is 1. The second kappa shape index (κ2) is 17.6. The van der Waals surface area contributed by atoms with Crippen LogP contribution in [0.5, 0.6) is 0 Å². The lowest BCUT2D eigenvalue weighted by Crippen LogP contribution is -2.66. The molecule has 9 atom stereocenters. The van der Waals surface area contributed by atoms with Crippen molar-refractivity contribution in [2.24, 2.45) is 56.2 Å². The number of Topliss-reactive ketones (excluding diaryl/α,β-unsaturated/α-hetero) is 1. The van der Waals surface area contributed by atoms with Gasteiger partial charge in [0.25, 0.3) is 0 Å². The minimum Gasteiger partial charge on any atom is -0.481 e. The van der Waals surface area contributed by atoms with Gasteiger partial charge in [0.15, 0.2) is 5.78 Å². The van der Waals surface area contributed by atoms with Crippen LogP contribution in [0.3, 0.4) is 0 Å². The molecule has 2 amide bonds. The summed E-state index contributed by atoms with van der Waals surface area (Å²) in [4.78, 5) is 76.2. The van der Waals surface area contributed by atoms with E-state index in [1.807, 2.05) is 18.3 Å². The van der Waals surface area contributed by atoms with Crippen LogP contribution < -0.4 is 0 Å². The molecule has 6 rings (SSSR count). The maximum absolute atomic E-state index is 14.7. The van der Waals surface area contributed by atoms with Gasteiger partial charge in [0, 0.05) is 70.9 Å². The average molecular weight is 875 g/mol. The van der Waals surface area contributed by atoms with Gasteiger partial charge in [-0.05, 0) is 122 Å². The van der Waals surface area contributed by atoms with Gasteiger partial charge in [-0.3, -0.25) is 33.9 Å². The minimum atomic E-state index is -1.20. The predicted octanol–water partition coefficient (Wildman–Crippen LogP) is 7.84. The van der Waals surface area contributed by atoms with E-state index >= 15 is 0 Å². The van der Waals surface area contributed by atoms with Crippen LogP contribution in [0.4, 0.5) is 0 Å². The van der Waals surface area contributed by atoms with Gasteiger partial charge in [-0.1, -0.05) is 60.1 Å². The van der Waals surface area contributed by atoms with Gasteiger partial charge in [-0.15, -0.1) is 0 Å². The third-order valence-electron chi connectivity index (χ3n) is 17.8. The van der Waals surface area contributed by atoms with E-state index < -0.39 is 28.9 Å². The Balaban J connectivity index is 1.36. The number of aliphatic carboxylic acids is 1. The van der Waals surface area contributed by atoms with Crippen LogP contribution in [0.25, 0.3) is 0 Å². The van der Waals surface area contributed by atoms with Crippen molar-refractivity contribution >= 4 is 29.5 Å². The predicted molar refractivity (Wildman–Crippen MR) is 242 cm³/mol. The smallest absolute Gasteiger partial charge is 0.309 e. The zero-order valence-corrected chi connectivity index (χ0v) is 40.8. The van der Waals surface area contributed by atoms with Crippen LogP contribution in [0.1, 0.15) is 132 Å². The molecule has 0 radical (unpaired) electrons. The number of ether oxygens (including phenoxy) is 2. The Morgan fingerprint density at radius 3 is 2.17 bits per heavy atom. The molecule has 4 saturated carbocycles. The number of nitrogens with zero attached hydrogens (tertiary/aromatic N) is 4. The Hall–Kier alpha value is -3.64. The monoisotopic (exact) mass is 875 g/mol. The fourth-order valence-corrected chi connectivity index (χ4v) is 14.1. The van der Waals surface area contributed by atoms with Gasteiger partial charge < -0.3 is 24.4 Å². The first-order chi connectivity index (χ1) is 29.2. The largest absolute Gasteiger partial charge is 0.481 e. The van der Waals surface area contributed by atoms with Crippen molar-refractivity contribution in [2.75, 3.05) is 47.9 Å². The third-order valence-corrected chi connectivity index (χ3v) is 17.8. The Labute approximate surface area is 377 Å². The van der Waals surface area contributed by atoms with E-state index in [9.17, 15) is 29.1 Å². The normalized spacial score (nSPS) is 32.9. The van der Waals surface area contributed by atoms with E-state index in [4.69, 9.17) is 9.47 Å². The summed E-state index contributed by atoms with van der Waals surface area (Å²) in [6.45, 7) is 20.4. The maximum Gasteiger partial charge on any atom is 0.309 e. The first-order valence-corrected chi connectivity index (χ1v) is 23.6. The van der Waals surface area contributed by atoms with Crippen molar-refractivity contribution in [1.82, 2.24) is 19.7 Å². The van der Waals surface area contributed by atoms with Gasteiger partial charge in [0.2, 0.25) is 11.8 Å². The second-order valence-corrected chi connectivity index (χ2v) is 23.0. The van der Waals surface area contributed by atoms with E-state index in [1.54, 1.807) is 58.0 Å². The minimum absolute atomic E-state index is 0.00697. The molecule has 4 fully saturated rings. The highest BCUT2D eigenvalue weighted by Gasteiger charge is 2.71. The molecule has 0 aliphatic heterocycles. The van der Waals surface area contributed by atoms with Crippen molar-refractivity contribution in [3.05, 3.63) is 41.2 Å². The summed E-state index contributed by atoms with van der Waals surface area (Å²) in [6.07, 6.45) is 10.2. The van der Waals surface area contributed by atoms with Crippen LogP contribution in [-0.4, -0.2) is 114 Å². The zero-order valence-electron chi connectivity index (χ0n) is 40.8. The number of carbonyl (C=O) groups is 5. The number of pyridine rings is 1. The summed E-state index contributed by atoms with van der Waals surface area (Å²) in [7, 11) is 6.99. The highest BCUT2D eigenvalue weighted by atomic mass is 16.5. The molecule has 1 N–H and O–H groups in total. The standard InChI is InChI=1S/C51H78N4O8/c1-32(2)43-35(56)25-51(39(62-31-41(58)54(12)13)29-55(30-40(57)53(10)11)28-33-15-14-24-52-27-33)23-22-49(8)34(44(43)51)16-17-37-48(7)20-19-38(63-42(59)26-46(3,4)45(60)61)47(5,6)36(48)18-21-50(37,49)9/h14-15,24,27,32,34,36-39H,16-23,25-26,28-31H2,1-13H3,(H,60,61)/t34-,36+,37-,38+,39+,48+,49-,50-,51+/m1/s1. The number of fused-ring (bicyclic) bond motifs is 7. The third kappa shape index (κ3) is 8.65. The SMILES string of the molecule is CC(C)C1=C2[C@H]3CC[C@@H]4[C@@]5(C)CC[C@H](OC(=O)CC(C)(C)C(=O)O)C(C)(C)[C@@H]5CC[C@@]4(C)[C@]3(C)CC[C@@]2([C@H](CN(CC(=O)N(C)C)Cc2cccnc2)OCC(=O)N(C)C)CC1=O. The van der Waals surface area contributed by atoms with Gasteiger partial charge >= 0.3 is 11.9 Å². The Kier molecular flexibility index (Phi) is 13.7. The van der Waals surface area contributed by atoms with E-state index in [0.29, 0.717) is 31.3 Å². The molecule has 1 heterocycles. The molecule has 0 spiro atoms. The topological polar surface area (TPSA) is 147 Å². The summed E-state index contributed by atoms with van der Waals surface area (Å²) in [5.41, 5.74) is 0.867. The number of ketones is 1. The number of amides is 2. The summed E-state index contributed by atoms with van der Waals surface area (Å²) < 4.78 is 13.1. The van der Waals surface area contributed by atoms with Crippen LogP contribution in [-0.2, 0) is 40.0 Å². The molecule has 12 nitrogen and oxygen atoms in total. The molecule has 63 heavy (non-hydrogen) atoms. The summed E-state index contributed by atoms with van der Waals surface area (Å²) in [5.74, 6) is -0.566. The van der Waals surface area contributed by atoms with E-state index in [-0.39, 0.29) is 76.8 Å². The van der Waals surface area contributed by atoms with Gasteiger partial charge in [-0.25, -0.2) is 0 Å². The zero-order chi connectivity index (χ0) is 46.7. The van der Waals surface area contributed by atoms with Gasteiger partial charge in [-0.2, -0.15) is 0 Å². The molecule has 350 valence electrons. The number of carbonyl (C=O) groups excluding carboxylic acids is 4. The number of carboxylic acids is 1. The quantitative estimate of drug-likeness (QED) is 0.173. The molecule has 1 aromatic heterocycles. The molecule has 1 aromatic rings. The number of carboxylic acid groups (broad SMARTS) is 1.